The highest BCUT2D eigenvalue weighted by molar-refractivity contribution is 7.87. The SMILES string of the molecule is CCCCCCCCCCCCCC(=O)O[C@@H]1[C@@H](NC(=O)c2ccc(OCCCCCCCCCC)c(OCCCCCCCCCC)c2)C(O)O[C@H](COS(=O)(=O)O)[C@]1(O)S(=O)(=O)O. The fourth-order valence-electron chi connectivity index (χ4n) is 7.95. The van der Waals surface area contributed by atoms with Crippen molar-refractivity contribution < 1.29 is 68.9 Å². The molecule has 16 nitrogen and oxygen atoms in total. The van der Waals surface area contributed by atoms with E-state index in [1.54, 1.807) is 6.07 Å². The van der Waals surface area contributed by atoms with Gasteiger partial charge in [0.25, 0.3) is 10.8 Å². The summed E-state index contributed by atoms with van der Waals surface area (Å²) in [6.45, 7) is 5.86. The van der Waals surface area contributed by atoms with Gasteiger partial charge in [-0.3, -0.25) is 18.7 Å². The van der Waals surface area contributed by atoms with Crippen LogP contribution >= 0.6 is 0 Å². The maximum atomic E-state index is 13.9. The zero-order valence-electron chi connectivity index (χ0n) is 39.6. The Morgan fingerprint density at radius 1 is 0.646 bits per heavy atom. The highest BCUT2D eigenvalue weighted by atomic mass is 32.3. The molecule has 1 aromatic carbocycles. The van der Waals surface area contributed by atoms with Crippen molar-refractivity contribution in [3.8, 4) is 11.5 Å². The smallest absolute Gasteiger partial charge is 0.397 e. The van der Waals surface area contributed by atoms with Crippen molar-refractivity contribution in [1.82, 2.24) is 5.32 Å². The summed E-state index contributed by atoms with van der Waals surface area (Å²) < 4.78 is 95.5. The number of ether oxygens (including phenoxy) is 4. The summed E-state index contributed by atoms with van der Waals surface area (Å²) in [5.74, 6) is -1.31. The van der Waals surface area contributed by atoms with Crippen molar-refractivity contribution >= 4 is 32.4 Å². The van der Waals surface area contributed by atoms with Gasteiger partial charge in [0, 0.05) is 12.0 Å². The van der Waals surface area contributed by atoms with Crippen LogP contribution in [0.4, 0.5) is 0 Å². The Morgan fingerprint density at radius 3 is 1.52 bits per heavy atom. The quantitative estimate of drug-likeness (QED) is 0.0234. The first-order valence-electron chi connectivity index (χ1n) is 24.6. The molecule has 1 amide bonds. The molecule has 0 aliphatic carbocycles. The van der Waals surface area contributed by atoms with Gasteiger partial charge < -0.3 is 34.5 Å². The molecule has 18 heteroatoms. The van der Waals surface area contributed by atoms with Crippen molar-refractivity contribution in [2.75, 3.05) is 19.8 Å². The van der Waals surface area contributed by atoms with E-state index in [2.05, 4.69) is 30.3 Å². The number of unbranched alkanes of at least 4 members (excludes halogenated alkanes) is 24. The summed E-state index contributed by atoms with van der Waals surface area (Å²) >= 11 is 0. The van der Waals surface area contributed by atoms with E-state index in [4.69, 9.17) is 18.9 Å². The number of esters is 1. The zero-order chi connectivity index (χ0) is 48.0. The molecule has 1 aromatic rings. The molecule has 1 heterocycles. The minimum atomic E-state index is -5.80. The number of hydrogen-bond acceptors (Lipinski definition) is 13. The first-order valence-corrected chi connectivity index (χ1v) is 27.4. The lowest BCUT2D eigenvalue weighted by Gasteiger charge is -2.47. The van der Waals surface area contributed by atoms with Crippen LogP contribution in [0, 0.1) is 0 Å². The molecule has 1 aliphatic heterocycles. The van der Waals surface area contributed by atoms with Crippen LogP contribution < -0.4 is 14.8 Å². The number of aliphatic hydroxyl groups excluding tert-OH is 1. The van der Waals surface area contributed by atoms with Gasteiger partial charge >= 0.3 is 26.5 Å². The fourth-order valence-corrected chi connectivity index (χ4v) is 9.19. The molecular weight excluding hydrogens is 883 g/mol. The van der Waals surface area contributed by atoms with Crippen molar-refractivity contribution in [2.24, 2.45) is 0 Å². The maximum absolute atomic E-state index is 13.9. The molecule has 378 valence electrons. The van der Waals surface area contributed by atoms with Gasteiger partial charge in [-0.15, -0.1) is 0 Å². The Kier molecular flexibility index (Phi) is 29.7. The summed E-state index contributed by atoms with van der Waals surface area (Å²) in [5.41, 5.74) is -0.0409. The topological polar surface area (TPSA) is 242 Å². The van der Waals surface area contributed by atoms with E-state index >= 15 is 0 Å². The van der Waals surface area contributed by atoms with Gasteiger partial charge in [0.2, 0.25) is 0 Å². The maximum Gasteiger partial charge on any atom is 0.397 e. The van der Waals surface area contributed by atoms with E-state index in [-0.39, 0.29) is 17.7 Å². The first-order chi connectivity index (χ1) is 31.1. The molecule has 0 saturated carbocycles. The summed E-state index contributed by atoms with van der Waals surface area (Å²) in [5, 5.41) is 25.2. The Hall–Kier alpha value is -2.58. The second-order valence-electron chi connectivity index (χ2n) is 17.5. The lowest BCUT2D eigenvalue weighted by atomic mass is 9.95. The van der Waals surface area contributed by atoms with E-state index < -0.39 is 68.5 Å². The molecule has 1 saturated heterocycles. The minimum absolute atomic E-state index is 0.0409. The molecule has 0 spiro atoms. The summed E-state index contributed by atoms with van der Waals surface area (Å²) in [6, 6.07) is 2.35. The molecule has 1 aliphatic rings. The molecule has 0 aromatic heterocycles. The van der Waals surface area contributed by atoms with Gasteiger partial charge in [0.15, 0.2) is 23.9 Å². The highest BCUT2D eigenvalue weighted by Gasteiger charge is 2.65. The standard InChI is InChI=1S/C47H83NO15S2/c1-4-7-10-13-16-19-20-21-22-25-28-31-42(49)63-44-43(46(51)62-41(37-61-65(56,57)58)47(44,52)64(53,54)55)48-45(50)38-32-33-39(59-34-29-26-23-17-14-11-8-5-2)40(36-38)60-35-30-27-24-18-15-12-9-6-3/h32-33,36,41,43-44,46,51-52H,4-31,34-35,37H2,1-3H3,(H,48,50)(H,53,54,55)(H,56,57,58)/t41-,43-,44-,46?,47+/m1/s1. The molecule has 1 fully saturated rings. The molecule has 65 heavy (non-hydrogen) atoms. The average Bonchev–Trinajstić information content (AvgIpc) is 3.25. The lowest BCUT2D eigenvalue weighted by Crippen LogP contribution is -2.74. The van der Waals surface area contributed by atoms with Crippen LogP contribution in [0.2, 0.25) is 0 Å². The summed E-state index contributed by atoms with van der Waals surface area (Å²) in [6.07, 6.45) is 21.2. The molecule has 1 unspecified atom stereocenters. The Balaban J connectivity index is 2.27. The second kappa shape index (κ2) is 33.0. The van der Waals surface area contributed by atoms with E-state index in [1.165, 1.54) is 95.6 Å². The van der Waals surface area contributed by atoms with E-state index in [9.17, 15) is 45.7 Å². The number of carbonyl (C=O) groups is 2. The van der Waals surface area contributed by atoms with Gasteiger partial charge in [-0.2, -0.15) is 16.8 Å². The van der Waals surface area contributed by atoms with Gasteiger partial charge in [0.05, 0.1) is 19.8 Å². The molecular formula is C47H83NO15S2. The Labute approximate surface area is 390 Å². The van der Waals surface area contributed by atoms with Gasteiger partial charge in [-0.25, -0.2) is 4.18 Å². The molecule has 5 N–H and O–H groups in total. The van der Waals surface area contributed by atoms with E-state index in [0.717, 1.165) is 77.0 Å². The van der Waals surface area contributed by atoms with Crippen LogP contribution in [0.5, 0.6) is 11.5 Å². The highest BCUT2D eigenvalue weighted by Crippen LogP contribution is 2.37. The van der Waals surface area contributed by atoms with Crippen molar-refractivity contribution in [2.45, 2.75) is 230 Å². The van der Waals surface area contributed by atoms with Crippen molar-refractivity contribution in [1.29, 1.82) is 0 Å². The Bertz CT molecular complexity index is 1680. The molecule has 2 rings (SSSR count). The minimum Gasteiger partial charge on any atom is -0.490 e. The summed E-state index contributed by atoms with van der Waals surface area (Å²) in [7, 11) is -11.1. The van der Waals surface area contributed by atoms with Crippen molar-refractivity contribution in [3.63, 3.8) is 0 Å². The second-order valence-corrected chi connectivity index (χ2v) is 20.2. The normalized spacial score (nSPS) is 20.1. The average molecular weight is 966 g/mol. The van der Waals surface area contributed by atoms with Crippen LogP contribution in [-0.4, -0.2) is 97.3 Å². The van der Waals surface area contributed by atoms with Gasteiger partial charge in [-0.1, -0.05) is 175 Å². The van der Waals surface area contributed by atoms with Crippen LogP contribution in [0.15, 0.2) is 18.2 Å². The van der Waals surface area contributed by atoms with Crippen LogP contribution in [0.1, 0.15) is 211 Å². The monoisotopic (exact) mass is 966 g/mol. The lowest BCUT2D eigenvalue weighted by molar-refractivity contribution is -0.270. The number of hydrogen-bond donors (Lipinski definition) is 5. The third kappa shape index (κ3) is 23.3. The van der Waals surface area contributed by atoms with Crippen LogP contribution in [0.3, 0.4) is 0 Å². The predicted octanol–water partition coefficient (Wildman–Crippen LogP) is 9.55. The number of amides is 1. The third-order valence-corrected chi connectivity index (χ3v) is 13.6. The zero-order valence-corrected chi connectivity index (χ0v) is 41.2. The third-order valence-electron chi connectivity index (χ3n) is 11.8. The van der Waals surface area contributed by atoms with Gasteiger partial charge in [-0.05, 0) is 37.5 Å². The van der Waals surface area contributed by atoms with E-state index in [1.807, 2.05) is 0 Å². The Morgan fingerprint density at radius 2 is 1.08 bits per heavy atom. The van der Waals surface area contributed by atoms with Gasteiger partial charge in [0.1, 0.15) is 12.1 Å². The van der Waals surface area contributed by atoms with Crippen LogP contribution in [0.25, 0.3) is 0 Å². The molecule has 0 bridgehead atoms. The van der Waals surface area contributed by atoms with E-state index in [0.29, 0.717) is 31.8 Å². The van der Waals surface area contributed by atoms with Crippen LogP contribution in [-0.2, 0) is 39.0 Å². The fraction of sp³-hybridized carbons (Fsp3) is 0.830. The largest absolute Gasteiger partial charge is 0.490 e. The molecule has 0 radical (unpaired) electrons. The number of benzene rings is 1. The van der Waals surface area contributed by atoms with Crippen molar-refractivity contribution in [3.05, 3.63) is 23.8 Å². The predicted molar refractivity (Wildman–Crippen MR) is 250 cm³/mol. The number of carbonyl (C=O) groups excluding carboxylic acids is 2. The first kappa shape index (κ1) is 58.5. The number of nitrogens with one attached hydrogen (secondary N) is 1. The molecule has 5 atom stereocenters. The number of rotatable bonds is 39. The summed E-state index contributed by atoms with van der Waals surface area (Å²) in [4.78, 5) is 23.5. The number of aliphatic hydroxyl groups is 2.